The molecule has 0 aliphatic carbocycles. The van der Waals surface area contributed by atoms with Crippen molar-refractivity contribution in [2.24, 2.45) is 0 Å². The van der Waals surface area contributed by atoms with Crippen LogP contribution in [0.1, 0.15) is 24.5 Å². The molecule has 0 spiro atoms. The van der Waals surface area contributed by atoms with E-state index in [0.29, 0.717) is 30.5 Å². The third-order valence-electron chi connectivity index (χ3n) is 3.75. The van der Waals surface area contributed by atoms with E-state index in [1.807, 2.05) is 56.4 Å². The molecule has 5 heteroatoms. The molecule has 0 amide bonds. The van der Waals surface area contributed by atoms with Crippen LogP contribution in [0.2, 0.25) is 5.02 Å². The zero-order chi connectivity index (χ0) is 17.9. The molecule has 2 aromatic carbocycles. The number of ether oxygens (including phenoxy) is 2. The van der Waals surface area contributed by atoms with Gasteiger partial charge in [-0.15, -0.1) is 0 Å². The van der Waals surface area contributed by atoms with Crippen molar-refractivity contribution in [2.45, 2.75) is 26.5 Å². The standard InChI is InChI=1S/C20H27ClN2O2/c1-3-24-19-12-17(14-23-11-7-10-22-2)18(21)13-20(19)25-15-16-8-5-4-6-9-16/h4-6,8-9,12-13,22-23H,3,7,10-11,14-15H2,1-2H3. The van der Waals surface area contributed by atoms with E-state index >= 15 is 0 Å². The summed E-state index contributed by atoms with van der Waals surface area (Å²) in [5.74, 6) is 1.41. The van der Waals surface area contributed by atoms with Crippen molar-refractivity contribution in [3.8, 4) is 11.5 Å². The molecule has 0 saturated carbocycles. The lowest BCUT2D eigenvalue weighted by Gasteiger charge is -2.15. The summed E-state index contributed by atoms with van der Waals surface area (Å²) >= 11 is 6.44. The van der Waals surface area contributed by atoms with E-state index in [0.717, 1.165) is 36.4 Å². The summed E-state index contributed by atoms with van der Waals surface area (Å²) in [5.41, 5.74) is 2.12. The topological polar surface area (TPSA) is 42.5 Å². The van der Waals surface area contributed by atoms with Crippen LogP contribution in [0.15, 0.2) is 42.5 Å². The first-order chi connectivity index (χ1) is 12.2. The van der Waals surface area contributed by atoms with Gasteiger partial charge in [-0.3, -0.25) is 0 Å². The molecule has 0 radical (unpaired) electrons. The Morgan fingerprint density at radius 3 is 2.48 bits per heavy atom. The molecule has 0 saturated heterocycles. The van der Waals surface area contributed by atoms with E-state index in [9.17, 15) is 0 Å². The molecule has 136 valence electrons. The van der Waals surface area contributed by atoms with Gasteiger partial charge in [0, 0.05) is 17.6 Å². The van der Waals surface area contributed by atoms with Gasteiger partial charge in [0.25, 0.3) is 0 Å². The predicted octanol–water partition coefficient (Wildman–Crippen LogP) is 4.02. The fraction of sp³-hybridized carbons (Fsp3) is 0.400. The predicted molar refractivity (Wildman–Crippen MR) is 104 cm³/mol. The maximum Gasteiger partial charge on any atom is 0.163 e. The number of hydrogen-bond donors (Lipinski definition) is 2. The number of rotatable bonds is 11. The van der Waals surface area contributed by atoms with Crippen LogP contribution in [-0.2, 0) is 13.2 Å². The molecule has 2 N–H and O–H groups in total. The van der Waals surface area contributed by atoms with Crippen LogP contribution in [0, 0.1) is 0 Å². The summed E-state index contributed by atoms with van der Waals surface area (Å²) in [6.07, 6.45) is 1.07. The number of benzene rings is 2. The number of hydrogen-bond acceptors (Lipinski definition) is 4. The molecule has 25 heavy (non-hydrogen) atoms. The summed E-state index contributed by atoms with van der Waals surface area (Å²) in [6, 6.07) is 13.9. The van der Waals surface area contributed by atoms with Gasteiger partial charge in [-0.2, -0.15) is 0 Å². The van der Waals surface area contributed by atoms with Crippen LogP contribution in [-0.4, -0.2) is 26.7 Å². The Labute approximate surface area is 155 Å². The molecule has 0 atom stereocenters. The minimum atomic E-state index is 0.485. The Morgan fingerprint density at radius 1 is 1.00 bits per heavy atom. The monoisotopic (exact) mass is 362 g/mol. The molecule has 0 aliphatic rings. The highest BCUT2D eigenvalue weighted by atomic mass is 35.5. The van der Waals surface area contributed by atoms with Crippen molar-refractivity contribution in [2.75, 3.05) is 26.7 Å². The first-order valence-corrected chi connectivity index (χ1v) is 9.09. The van der Waals surface area contributed by atoms with E-state index in [-0.39, 0.29) is 0 Å². The van der Waals surface area contributed by atoms with Crippen molar-refractivity contribution >= 4 is 11.6 Å². The summed E-state index contributed by atoms with van der Waals surface area (Å²) in [7, 11) is 1.96. The lowest BCUT2D eigenvalue weighted by Crippen LogP contribution is -2.19. The van der Waals surface area contributed by atoms with Crippen LogP contribution >= 0.6 is 11.6 Å². The van der Waals surface area contributed by atoms with Crippen molar-refractivity contribution in [3.63, 3.8) is 0 Å². The molecule has 0 heterocycles. The van der Waals surface area contributed by atoms with E-state index in [1.165, 1.54) is 0 Å². The first kappa shape index (κ1) is 19.6. The smallest absolute Gasteiger partial charge is 0.163 e. The Hall–Kier alpha value is -1.75. The Balaban J connectivity index is 2.02. The molecule has 2 aromatic rings. The zero-order valence-corrected chi connectivity index (χ0v) is 15.7. The van der Waals surface area contributed by atoms with Crippen molar-refractivity contribution in [1.29, 1.82) is 0 Å². The maximum atomic E-state index is 6.44. The van der Waals surface area contributed by atoms with Crippen molar-refractivity contribution in [3.05, 3.63) is 58.6 Å². The van der Waals surface area contributed by atoms with Gasteiger partial charge in [0.05, 0.1) is 6.61 Å². The van der Waals surface area contributed by atoms with Gasteiger partial charge in [0.2, 0.25) is 0 Å². The van der Waals surface area contributed by atoms with E-state index in [4.69, 9.17) is 21.1 Å². The lowest BCUT2D eigenvalue weighted by molar-refractivity contribution is 0.269. The van der Waals surface area contributed by atoms with Gasteiger partial charge in [0.1, 0.15) is 6.61 Å². The molecule has 4 nitrogen and oxygen atoms in total. The van der Waals surface area contributed by atoms with E-state index in [2.05, 4.69) is 10.6 Å². The van der Waals surface area contributed by atoms with Gasteiger partial charge >= 0.3 is 0 Å². The highest BCUT2D eigenvalue weighted by Gasteiger charge is 2.11. The van der Waals surface area contributed by atoms with Crippen LogP contribution in [0.4, 0.5) is 0 Å². The Morgan fingerprint density at radius 2 is 1.76 bits per heavy atom. The van der Waals surface area contributed by atoms with Gasteiger partial charge < -0.3 is 20.1 Å². The van der Waals surface area contributed by atoms with Gasteiger partial charge in [0.15, 0.2) is 11.5 Å². The third-order valence-corrected chi connectivity index (χ3v) is 4.10. The van der Waals surface area contributed by atoms with Gasteiger partial charge in [-0.1, -0.05) is 41.9 Å². The fourth-order valence-electron chi connectivity index (χ4n) is 2.44. The maximum absolute atomic E-state index is 6.44. The van der Waals surface area contributed by atoms with Gasteiger partial charge in [-0.05, 0) is 50.7 Å². The minimum Gasteiger partial charge on any atom is -0.490 e. The minimum absolute atomic E-state index is 0.485. The zero-order valence-electron chi connectivity index (χ0n) is 15.0. The average molecular weight is 363 g/mol. The molecule has 2 rings (SSSR count). The van der Waals surface area contributed by atoms with Gasteiger partial charge in [-0.25, -0.2) is 0 Å². The van der Waals surface area contributed by atoms with Crippen molar-refractivity contribution in [1.82, 2.24) is 10.6 Å². The largest absolute Gasteiger partial charge is 0.490 e. The second kappa shape index (κ2) is 11.0. The molecule has 0 fully saturated rings. The first-order valence-electron chi connectivity index (χ1n) is 8.71. The number of halogens is 1. The highest BCUT2D eigenvalue weighted by molar-refractivity contribution is 6.31. The highest BCUT2D eigenvalue weighted by Crippen LogP contribution is 2.34. The average Bonchev–Trinajstić information content (AvgIpc) is 2.63. The van der Waals surface area contributed by atoms with Crippen LogP contribution in [0.25, 0.3) is 0 Å². The summed E-state index contributed by atoms with van der Waals surface area (Å²) in [4.78, 5) is 0. The van der Waals surface area contributed by atoms with Crippen molar-refractivity contribution < 1.29 is 9.47 Å². The molecule has 0 unspecified atom stereocenters. The normalized spacial score (nSPS) is 10.7. The SMILES string of the molecule is CCOc1cc(CNCCCNC)c(Cl)cc1OCc1ccccc1. The third kappa shape index (κ3) is 6.58. The van der Waals surface area contributed by atoms with Crippen LogP contribution < -0.4 is 20.1 Å². The second-order valence-electron chi connectivity index (χ2n) is 5.73. The summed E-state index contributed by atoms with van der Waals surface area (Å²) in [6.45, 7) is 5.68. The van der Waals surface area contributed by atoms with E-state index < -0.39 is 0 Å². The summed E-state index contributed by atoms with van der Waals surface area (Å²) in [5, 5.41) is 7.23. The van der Waals surface area contributed by atoms with Crippen LogP contribution in [0.5, 0.6) is 11.5 Å². The molecule has 0 aliphatic heterocycles. The van der Waals surface area contributed by atoms with E-state index in [1.54, 1.807) is 0 Å². The molecular weight excluding hydrogens is 336 g/mol. The number of nitrogens with one attached hydrogen (secondary N) is 2. The molecular formula is C20H27ClN2O2. The Bertz CT molecular complexity index is 635. The lowest BCUT2D eigenvalue weighted by atomic mass is 10.2. The summed E-state index contributed by atoms with van der Waals surface area (Å²) < 4.78 is 11.7. The Kier molecular flexibility index (Phi) is 8.60. The molecule has 0 aromatic heterocycles. The quantitative estimate of drug-likeness (QED) is 0.592. The fourth-order valence-corrected chi connectivity index (χ4v) is 2.66. The molecule has 0 bridgehead atoms. The van der Waals surface area contributed by atoms with Crippen LogP contribution in [0.3, 0.4) is 0 Å². The second-order valence-corrected chi connectivity index (χ2v) is 6.14.